The number of carbonyl (C=O) groups excluding carboxylic acids is 3. The van der Waals surface area contributed by atoms with Crippen LogP contribution in [0.3, 0.4) is 0 Å². The zero-order chi connectivity index (χ0) is 33.4. The van der Waals surface area contributed by atoms with Crippen LogP contribution in [-0.4, -0.2) is 59.8 Å². The Morgan fingerprint density at radius 1 is 1.24 bits per heavy atom. The number of nitrogens with one attached hydrogen (secondary N) is 2. The number of amides is 3. The summed E-state index contributed by atoms with van der Waals surface area (Å²) in [7, 11) is 0. The van der Waals surface area contributed by atoms with Crippen molar-refractivity contribution in [3.63, 3.8) is 0 Å². The normalized spacial score (nSPS) is 30.7. The number of morpholine rings is 1. The van der Waals surface area contributed by atoms with Crippen molar-refractivity contribution >= 4 is 23.4 Å². The van der Waals surface area contributed by atoms with Gasteiger partial charge in [-0.25, -0.2) is 4.39 Å². The van der Waals surface area contributed by atoms with E-state index in [4.69, 9.17) is 19.8 Å². The molecule has 0 aromatic heterocycles. The quantitative estimate of drug-likeness (QED) is 0.619. The van der Waals surface area contributed by atoms with E-state index in [1.807, 2.05) is 4.90 Å². The van der Waals surface area contributed by atoms with Crippen LogP contribution in [0.15, 0.2) is 36.3 Å². The van der Waals surface area contributed by atoms with Gasteiger partial charge in [0.05, 0.1) is 22.8 Å². The highest BCUT2D eigenvalue weighted by Gasteiger charge is 2.39. The van der Waals surface area contributed by atoms with Crippen LogP contribution >= 0.6 is 0 Å². The first-order valence-corrected chi connectivity index (χ1v) is 10.5. The molecule has 2 aromatic rings. The molecular weight excluding hydrogens is 439 g/mol. The number of piperidine rings is 1. The molecule has 0 saturated carbocycles. The first-order valence-electron chi connectivity index (χ1n) is 16.0. The van der Waals surface area contributed by atoms with Gasteiger partial charge in [-0.05, 0) is 30.1 Å². The number of ether oxygens (including phenoxy) is 1. The standard InChI is InChI=1S/C25H27FN4O4/c26-20-12-16(14-29-8-10-34-11-9-29)4-5-17(20)13-27-21-3-1-2-18-19(21)15-30(25(18)33)22-6-7-23(31)28-24(22)32/h1-5,12,22,27H,6-11,13-15H2,(H,28,31,32)/i1D,2D,3D,4D,5D,6D2,7D2,12D,22D. The van der Waals surface area contributed by atoms with Gasteiger partial charge in [0.25, 0.3) is 5.91 Å². The molecular formula is C25H27FN4O4. The molecule has 2 saturated heterocycles. The molecule has 178 valence electrons. The number of hydrogen-bond acceptors (Lipinski definition) is 6. The minimum atomic E-state index is -3.60. The zero-order valence-corrected chi connectivity index (χ0v) is 17.9. The van der Waals surface area contributed by atoms with Crippen molar-refractivity contribution in [2.75, 3.05) is 31.6 Å². The van der Waals surface area contributed by atoms with E-state index in [0.717, 1.165) is 0 Å². The SMILES string of the molecule is [2H]c1c([2H])c(NCc2c([2H])c([2H])c(CN3CCOCC3)c([2H])c2F)c2c(c1[2H])C(=O)N(C1([2H])C(=O)NC(=O)C([2H])([2H])C1([2H])[2H])C2. The lowest BCUT2D eigenvalue weighted by Gasteiger charge is -2.29. The molecule has 8 nitrogen and oxygen atoms in total. The number of hydrogen-bond donors (Lipinski definition) is 2. The third-order valence-electron chi connectivity index (χ3n) is 5.58. The summed E-state index contributed by atoms with van der Waals surface area (Å²) in [5.41, 5.74) is -1.64. The second-order valence-electron chi connectivity index (χ2n) is 7.76. The Morgan fingerprint density at radius 2 is 2.06 bits per heavy atom. The highest BCUT2D eigenvalue weighted by atomic mass is 19.1. The first-order chi connectivity index (χ1) is 20.9. The molecule has 2 fully saturated rings. The summed E-state index contributed by atoms with van der Waals surface area (Å²) in [5.74, 6) is -5.72. The van der Waals surface area contributed by atoms with Gasteiger partial charge in [0.2, 0.25) is 11.8 Å². The Kier molecular flexibility index (Phi) is 3.63. The van der Waals surface area contributed by atoms with E-state index in [-0.39, 0.29) is 23.4 Å². The molecule has 3 aliphatic heterocycles. The minimum Gasteiger partial charge on any atom is -0.381 e. The fourth-order valence-corrected chi connectivity index (χ4v) is 3.83. The van der Waals surface area contributed by atoms with Crippen molar-refractivity contribution in [2.24, 2.45) is 0 Å². The van der Waals surface area contributed by atoms with Crippen molar-refractivity contribution in [1.82, 2.24) is 15.1 Å². The van der Waals surface area contributed by atoms with Crippen LogP contribution in [0.1, 0.15) is 54.9 Å². The van der Waals surface area contributed by atoms with Gasteiger partial charge in [-0.3, -0.25) is 24.6 Å². The summed E-state index contributed by atoms with van der Waals surface area (Å²) in [6, 6.07) is -7.17. The molecule has 3 amide bonds. The predicted octanol–water partition coefficient (Wildman–Crippen LogP) is 2.03. The molecule has 2 N–H and O–H groups in total. The second-order valence-corrected chi connectivity index (χ2v) is 7.76. The maximum absolute atomic E-state index is 15.5. The molecule has 2 aromatic carbocycles. The van der Waals surface area contributed by atoms with E-state index in [1.54, 1.807) is 5.32 Å². The molecule has 34 heavy (non-hydrogen) atoms. The largest absolute Gasteiger partial charge is 0.381 e. The van der Waals surface area contributed by atoms with E-state index in [1.165, 1.54) is 0 Å². The van der Waals surface area contributed by atoms with E-state index in [0.29, 0.717) is 31.2 Å². The summed E-state index contributed by atoms with van der Waals surface area (Å²) in [6.07, 6.45) is -7.04. The molecule has 0 bridgehead atoms. The number of fused-ring (bicyclic) bond motifs is 1. The highest BCUT2D eigenvalue weighted by molar-refractivity contribution is 6.06. The molecule has 0 spiro atoms. The fourth-order valence-electron chi connectivity index (χ4n) is 3.83. The smallest absolute Gasteiger partial charge is 0.255 e. The summed E-state index contributed by atoms with van der Waals surface area (Å²) >= 11 is 0. The van der Waals surface area contributed by atoms with Crippen LogP contribution in [0, 0.1) is 5.82 Å². The van der Waals surface area contributed by atoms with Gasteiger partial charge in [0.15, 0.2) is 0 Å². The average Bonchev–Trinajstić information content (AvgIpc) is 3.34. The Labute approximate surface area is 212 Å². The fraction of sp³-hybridized carbons (Fsp3) is 0.400. The predicted molar refractivity (Wildman–Crippen MR) is 122 cm³/mol. The second kappa shape index (κ2) is 9.52. The average molecular weight is 478 g/mol. The van der Waals surface area contributed by atoms with Crippen molar-refractivity contribution in [2.45, 2.75) is 38.4 Å². The molecule has 1 atom stereocenters. The molecule has 0 radical (unpaired) electrons. The molecule has 1 unspecified atom stereocenters. The van der Waals surface area contributed by atoms with Crippen LogP contribution < -0.4 is 10.6 Å². The molecule has 9 heteroatoms. The van der Waals surface area contributed by atoms with Gasteiger partial charge in [0.1, 0.15) is 11.8 Å². The Morgan fingerprint density at radius 3 is 2.88 bits per heavy atom. The van der Waals surface area contributed by atoms with Crippen LogP contribution in [0.2, 0.25) is 0 Å². The lowest BCUT2D eigenvalue weighted by atomic mass is 10.0. The van der Waals surface area contributed by atoms with Gasteiger partial charge in [-0.1, -0.05) is 18.1 Å². The Hall–Kier alpha value is -3.30. The third kappa shape index (κ3) is 4.53. The lowest BCUT2D eigenvalue weighted by molar-refractivity contribution is -0.136. The summed E-state index contributed by atoms with van der Waals surface area (Å²) in [6.45, 7) is 0.438. The monoisotopic (exact) mass is 477 g/mol. The van der Waals surface area contributed by atoms with E-state index in [9.17, 15) is 14.4 Å². The van der Waals surface area contributed by atoms with Crippen molar-refractivity contribution in [1.29, 1.82) is 0 Å². The maximum Gasteiger partial charge on any atom is 0.255 e. The highest BCUT2D eigenvalue weighted by Crippen LogP contribution is 2.32. The summed E-state index contributed by atoms with van der Waals surface area (Å²) in [4.78, 5) is 40.6. The van der Waals surface area contributed by atoms with Crippen molar-refractivity contribution in [3.8, 4) is 0 Å². The zero-order valence-electron chi connectivity index (χ0n) is 28.9. The van der Waals surface area contributed by atoms with Crippen LogP contribution in [0.4, 0.5) is 10.1 Å². The van der Waals surface area contributed by atoms with Gasteiger partial charge in [0, 0.05) is 67.0 Å². The summed E-state index contributed by atoms with van der Waals surface area (Å²) < 4.78 is 112. The van der Waals surface area contributed by atoms with Crippen LogP contribution in [0.5, 0.6) is 0 Å². The Balaban J connectivity index is 1.52. The van der Waals surface area contributed by atoms with E-state index < -0.39 is 103 Å². The first kappa shape index (κ1) is 13.0. The number of halogens is 1. The number of nitrogens with zero attached hydrogens (tertiary/aromatic N) is 2. The van der Waals surface area contributed by atoms with Crippen LogP contribution in [0.25, 0.3) is 0 Å². The molecule has 3 heterocycles. The third-order valence-corrected chi connectivity index (χ3v) is 5.58. The number of benzene rings is 2. The van der Waals surface area contributed by atoms with Crippen molar-refractivity contribution in [3.05, 3.63) is 64.3 Å². The van der Waals surface area contributed by atoms with Gasteiger partial charge in [-0.2, -0.15) is 0 Å². The number of rotatable bonds is 6. The topological polar surface area (TPSA) is 91.0 Å². The van der Waals surface area contributed by atoms with Crippen molar-refractivity contribution < 1.29 is 38.6 Å². The molecule has 5 rings (SSSR count). The van der Waals surface area contributed by atoms with E-state index in [2.05, 4.69) is 5.32 Å². The molecule has 0 aliphatic carbocycles. The maximum atomic E-state index is 15.5. The lowest BCUT2D eigenvalue weighted by Crippen LogP contribution is -2.52. The number of anilines is 1. The van der Waals surface area contributed by atoms with Gasteiger partial charge in [-0.15, -0.1) is 0 Å². The number of carbonyl (C=O) groups is 3. The number of imide groups is 1. The Bertz CT molecular complexity index is 1620. The minimum absolute atomic E-state index is 0.00224. The summed E-state index contributed by atoms with van der Waals surface area (Å²) in [5, 5.41) is 4.21. The van der Waals surface area contributed by atoms with E-state index >= 15 is 4.39 Å². The van der Waals surface area contributed by atoms with Gasteiger partial charge >= 0.3 is 0 Å². The van der Waals surface area contributed by atoms with Crippen LogP contribution in [-0.2, 0) is 34.0 Å². The molecule has 3 aliphatic rings. The van der Waals surface area contributed by atoms with Gasteiger partial charge < -0.3 is 15.0 Å².